The van der Waals surface area contributed by atoms with E-state index in [-0.39, 0.29) is 5.82 Å². The SMILES string of the molecule is CCCNC(c1c(C)cc(F)cc1C)C(C)CCC. The summed E-state index contributed by atoms with van der Waals surface area (Å²) in [6.45, 7) is 11.7. The summed E-state index contributed by atoms with van der Waals surface area (Å²) in [5.74, 6) is 0.440. The third-order valence-electron chi connectivity index (χ3n) is 3.80. The van der Waals surface area contributed by atoms with Crippen LogP contribution in [-0.2, 0) is 0 Å². The number of hydrogen-bond acceptors (Lipinski definition) is 1. The Labute approximate surface area is 117 Å². The van der Waals surface area contributed by atoms with Gasteiger partial charge in [0, 0.05) is 6.04 Å². The maximum atomic E-state index is 13.5. The van der Waals surface area contributed by atoms with E-state index in [9.17, 15) is 4.39 Å². The van der Waals surface area contributed by atoms with Crippen molar-refractivity contribution in [3.05, 3.63) is 34.6 Å². The van der Waals surface area contributed by atoms with Gasteiger partial charge in [-0.05, 0) is 68.0 Å². The van der Waals surface area contributed by atoms with Crippen LogP contribution in [0, 0.1) is 25.6 Å². The molecular weight excluding hydrogens is 237 g/mol. The van der Waals surface area contributed by atoms with E-state index in [1.54, 1.807) is 12.1 Å². The molecule has 19 heavy (non-hydrogen) atoms. The minimum absolute atomic E-state index is 0.129. The lowest BCUT2D eigenvalue weighted by Gasteiger charge is -2.28. The topological polar surface area (TPSA) is 12.0 Å². The lowest BCUT2D eigenvalue weighted by molar-refractivity contribution is 0.360. The van der Waals surface area contributed by atoms with Crippen molar-refractivity contribution in [2.75, 3.05) is 6.54 Å². The third-order valence-corrected chi connectivity index (χ3v) is 3.80. The zero-order chi connectivity index (χ0) is 14.4. The Hall–Kier alpha value is -0.890. The van der Waals surface area contributed by atoms with Crippen LogP contribution in [-0.4, -0.2) is 6.54 Å². The van der Waals surface area contributed by atoms with Crippen LogP contribution < -0.4 is 5.32 Å². The summed E-state index contributed by atoms with van der Waals surface area (Å²) < 4.78 is 13.5. The van der Waals surface area contributed by atoms with Gasteiger partial charge in [-0.25, -0.2) is 4.39 Å². The number of halogens is 1. The number of rotatable bonds is 7. The van der Waals surface area contributed by atoms with Gasteiger partial charge in [0.15, 0.2) is 0 Å². The van der Waals surface area contributed by atoms with E-state index >= 15 is 0 Å². The van der Waals surface area contributed by atoms with Crippen LogP contribution in [0.25, 0.3) is 0 Å². The van der Waals surface area contributed by atoms with Gasteiger partial charge in [-0.15, -0.1) is 0 Å². The lowest BCUT2D eigenvalue weighted by Crippen LogP contribution is -2.29. The molecule has 0 spiro atoms. The fourth-order valence-electron chi connectivity index (χ4n) is 2.92. The summed E-state index contributed by atoms with van der Waals surface area (Å²) in [7, 11) is 0. The first-order chi connectivity index (χ1) is 9.01. The van der Waals surface area contributed by atoms with Crippen molar-refractivity contribution < 1.29 is 4.39 Å². The Morgan fingerprint density at radius 3 is 2.16 bits per heavy atom. The fourth-order valence-corrected chi connectivity index (χ4v) is 2.92. The molecule has 0 radical (unpaired) electrons. The Bertz CT molecular complexity index is 377. The van der Waals surface area contributed by atoms with Crippen LogP contribution in [0.5, 0.6) is 0 Å². The first kappa shape index (κ1) is 16.2. The van der Waals surface area contributed by atoms with E-state index < -0.39 is 0 Å². The van der Waals surface area contributed by atoms with Crippen molar-refractivity contribution in [2.45, 2.75) is 59.9 Å². The molecule has 0 heterocycles. The van der Waals surface area contributed by atoms with E-state index in [4.69, 9.17) is 0 Å². The van der Waals surface area contributed by atoms with Gasteiger partial charge in [0.05, 0.1) is 0 Å². The minimum atomic E-state index is -0.129. The van der Waals surface area contributed by atoms with Gasteiger partial charge in [-0.2, -0.15) is 0 Å². The van der Waals surface area contributed by atoms with Crippen LogP contribution in [0.1, 0.15) is 62.8 Å². The van der Waals surface area contributed by atoms with Crippen LogP contribution in [0.4, 0.5) is 4.39 Å². The summed E-state index contributed by atoms with van der Waals surface area (Å²) in [5.41, 5.74) is 3.42. The molecule has 0 aliphatic carbocycles. The molecule has 1 nitrogen and oxygen atoms in total. The summed E-state index contributed by atoms with van der Waals surface area (Å²) in [6.07, 6.45) is 3.50. The van der Waals surface area contributed by atoms with E-state index in [1.807, 2.05) is 13.8 Å². The largest absolute Gasteiger partial charge is 0.310 e. The molecule has 0 amide bonds. The molecular formula is C17H28FN. The standard InChI is InChI=1S/C17H28FN/c1-6-8-12(3)17(19-9-7-2)16-13(4)10-15(18)11-14(16)5/h10-12,17,19H,6-9H2,1-5H3. The van der Waals surface area contributed by atoms with Crippen LogP contribution in [0.3, 0.4) is 0 Å². The third kappa shape index (κ3) is 4.31. The molecule has 0 bridgehead atoms. The molecule has 0 saturated heterocycles. The van der Waals surface area contributed by atoms with Crippen molar-refractivity contribution in [3.8, 4) is 0 Å². The second kappa shape index (κ2) is 7.64. The quantitative estimate of drug-likeness (QED) is 0.738. The van der Waals surface area contributed by atoms with Crippen molar-refractivity contribution in [1.82, 2.24) is 5.32 Å². The molecule has 0 aliphatic heterocycles. The number of hydrogen-bond donors (Lipinski definition) is 1. The second-order valence-corrected chi connectivity index (χ2v) is 5.65. The van der Waals surface area contributed by atoms with Crippen molar-refractivity contribution >= 4 is 0 Å². The maximum Gasteiger partial charge on any atom is 0.123 e. The predicted octanol–water partition coefficient (Wildman–Crippen LogP) is 4.92. The maximum absolute atomic E-state index is 13.5. The molecule has 1 aromatic rings. The molecule has 1 rings (SSSR count). The predicted molar refractivity (Wildman–Crippen MR) is 81.0 cm³/mol. The van der Waals surface area contributed by atoms with E-state index in [2.05, 4.69) is 26.1 Å². The number of benzene rings is 1. The van der Waals surface area contributed by atoms with Gasteiger partial charge in [0.25, 0.3) is 0 Å². The first-order valence-electron chi connectivity index (χ1n) is 7.51. The monoisotopic (exact) mass is 265 g/mol. The number of aryl methyl sites for hydroxylation is 2. The molecule has 0 fully saturated rings. The average molecular weight is 265 g/mol. The van der Waals surface area contributed by atoms with Crippen molar-refractivity contribution in [1.29, 1.82) is 0 Å². The van der Waals surface area contributed by atoms with Crippen LogP contribution in [0.15, 0.2) is 12.1 Å². The first-order valence-corrected chi connectivity index (χ1v) is 7.51. The zero-order valence-corrected chi connectivity index (χ0v) is 13.0. The Kier molecular flexibility index (Phi) is 6.50. The normalized spacial score (nSPS) is 14.4. The fraction of sp³-hybridized carbons (Fsp3) is 0.647. The average Bonchev–Trinajstić information content (AvgIpc) is 2.32. The highest BCUT2D eigenvalue weighted by Gasteiger charge is 2.21. The second-order valence-electron chi connectivity index (χ2n) is 5.65. The van der Waals surface area contributed by atoms with Crippen LogP contribution in [0.2, 0.25) is 0 Å². The van der Waals surface area contributed by atoms with Gasteiger partial charge >= 0.3 is 0 Å². The van der Waals surface area contributed by atoms with Crippen molar-refractivity contribution in [2.24, 2.45) is 5.92 Å². The molecule has 1 aromatic carbocycles. The van der Waals surface area contributed by atoms with E-state index in [0.29, 0.717) is 12.0 Å². The zero-order valence-electron chi connectivity index (χ0n) is 13.0. The highest BCUT2D eigenvalue weighted by Crippen LogP contribution is 2.31. The van der Waals surface area contributed by atoms with Crippen LogP contribution >= 0.6 is 0 Å². The summed E-state index contributed by atoms with van der Waals surface area (Å²) in [4.78, 5) is 0. The molecule has 1 N–H and O–H groups in total. The van der Waals surface area contributed by atoms with Crippen molar-refractivity contribution in [3.63, 3.8) is 0 Å². The summed E-state index contributed by atoms with van der Waals surface area (Å²) in [6, 6.07) is 3.64. The molecule has 2 atom stereocenters. The summed E-state index contributed by atoms with van der Waals surface area (Å²) >= 11 is 0. The van der Waals surface area contributed by atoms with E-state index in [1.165, 1.54) is 18.4 Å². The minimum Gasteiger partial charge on any atom is -0.310 e. The van der Waals surface area contributed by atoms with Gasteiger partial charge in [-0.1, -0.05) is 27.2 Å². The molecule has 108 valence electrons. The Morgan fingerprint density at radius 2 is 1.68 bits per heavy atom. The van der Waals surface area contributed by atoms with Gasteiger partial charge in [-0.3, -0.25) is 0 Å². The number of nitrogens with one attached hydrogen (secondary N) is 1. The molecule has 2 heteroatoms. The molecule has 0 aromatic heterocycles. The smallest absolute Gasteiger partial charge is 0.123 e. The molecule has 0 saturated carbocycles. The Balaban J connectivity index is 3.09. The summed E-state index contributed by atoms with van der Waals surface area (Å²) in [5, 5.41) is 3.65. The molecule has 0 aliphatic rings. The lowest BCUT2D eigenvalue weighted by atomic mass is 9.86. The van der Waals surface area contributed by atoms with Gasteiger partial charge in [0.2, 0.25) is 0 Å². The van der Waals surface area contributed by atoms with Gasteiger partial charge in [0.1, 0.15) is 5.82 Å². The van der Waals surface area contributed by atoms with Gasteiger partial charge < -0.3 is 5.32 Å². The molecule has 2 unspecified atom stereocenters. The highest BCUT2D eigenvalue weighted by molar-refractivity contribution is 5.37. The Morgan fingerprint density at radius 1 is 1.11 bits per heavy atom. The highest BCUT2D eigenvalue weighted by atomic mass is 19.1. The van der Waals surface area contributed by atoms with E-state index in [0.717, 1.165) is 24.1 Å².